The van der Waals surface area contributed by atoms with Crippen molar-refractivity contribution >= 4 is 42.4 Å². The highest BCUT2D eigenvalue weighted by Gasteiger charge is 2.23. The highest BCUT2D eigenvalue weighted by molar-refractivity contribution is 7.91. The third-order valence-corrected chi connectivity index (χ3v) is 7.78. The Morgan fingerprint density at radius 3 is 2.61 bits per heavy atom. The van der Waals surface area contributed by atoms with Crippen molar-refractivity contribution in [2.45, 2.75) is 24.3 Å². The number of benzene rings is 2. The summed E-state index contributed by atoms with van der Waals surface area (Å²) in [6.07, 6.45) is 5.39. The van der Waals surface area contributed by atoms with Crippen LogP contribution in [0.5, 0.6) is 0 Å². The van der Waals surface area contributed by atoms with E-state index in [0.29, 0.717) is 22.8 Å². The lowest BCUT2D eigenvalue weighted by atomic mass is 10.3. The van der Waals surface area contributed by atoms with Crippen LogP contribution >= 0.6 is 11.3 Å². The number of sulfone groups is 1. The second-order valence-corrected chi connectivity index (χ2v) is 10.4. The van der Waals surface area contributed by atoms with Gasteiger partial charge in [-0.05, 0) is 42.8 Å². The van der Waals surface area contributed by atoms with Crippen LogP contribution in [0.3, 0.4) is 0 Å². The summed E-state index contributed by atoms with van der Waals surface area (Å²) in [6, 6.07) is 9.06. The van der Waals surface area contributed by atoms with Gasteiger partial charge in [0.2, 0.25) is 5.91 Å². The van der Waals surface area contributed by atoms with E-state index in [4.69, 9.17) is 0 Å². The number of anilines is 1. The number of para-hydroxylation sites is 1. The van der Waals surface area contributed by atoms with E-state index in [2.05, 4.69) is 9.97 Å². The van der Waals surface area contributed by atoms with Gasteiger partial charge in [0.1, 0.15) is 17.2 Å². The number of aromatic nitrogens is 3. The Hall–Kier alpha value is -3.18. The molecule has 4 aromatic rings. The monoisotopic (exact) mass is 490 g/mol. The minimum Gasteiger partial charge on any atom is -0.337 e. The van der Waals surface area contributed by atoms with Gasteiger partial charge in [-0.2, -0.15) is 0 Å². The number of hydrogen-bond donors (Lipinski definition) is 0. The molecule has 0 bridgehead atoms. The van der Waals surface area contributed by atoms with Gasteiger partial charge in [-0.3, -0.25) is 9.69 Å². The first-order chi connectivity index (χ1) is 15.8. The van der Waals surface area contributed by atoms with E-state index in [1.165, 1.54) is 34.4 Å². The van der Waals surface area contributed by atoms with Crippen LogP contribution in [-0.4, -0.2) is 41.2 Å². The molecule has 172 valence electrons. The molecule has 0 aliphatic carbocycles. The second kappa shape index (κ2) is 9.75. The summed E-state index contributed by atoms with van der Waals surface area (Å²) in [6.45, 7) is 0.867. The van der Waals surface area contributed by atoms with Crippen molar-refractivity contribution in [3.05, 3.63) is 72.8 Å². The lowest BCUT2D eigenvalue weighted by Crippen LogP contribution is -2.33. The van der Waals surface area contributed by atoms with Crippen LogP contribution in [-0.2, 0) is 21.2 Å². The second-order valence-electron chi connectivity index (χ2n) is 7.31. The van der Waals surface area contributed by atoms with Crippen molar-refractivity contribution in [2.75, 3.05) is 17.2 Å². The minimum absolute atomic E-state index is 0.0505. The first-order valence-corrected chi connectivity index (χ1v) is 12.6. The molecular formula is C22H20F2N4O3S2. The summed E-state index contributed by atoms with van der Waals surface area (Å²) < 4.78 is 54.9. The Morgan fingerprint density at radius 2 is 1.91 bits per heavy atom. The van der Waals surface area contributed by atoms with Gasteiger partial charge in [0.25, 0.3) is 0 Å². The number of halogens is 2. The van der Waals surface area contributed by atoms with Gasteiger partial charge < -0.3 is 4.57 Å². The van der Waals surface area contributed by atoms with Crippen molar-refractivity contribution in [3.8, 4) is 0 Å². The maximum atomic E-state index is 14.1. The van der Waals surface area contributed by atoms with E-state index in [0.717, 1.165) is 12.1 Å². The molecule has 1 amide bonds. The lowest BCUT2D eigenvalue weighted by molar-refractivity contribution is -0.118. The minimum atomic E-state index is -3.78. The highest BCUT2D eigenvalue weighted by Crippen LogP contribution is 2.31. The van der Waals surface area contributed by atoms with Crippen LogP contribution in [0.4, 0.5) is 13.9 Å². The SMILES string of the molecule is O=C(CCS(=O)(=O)c1ccc(F)cc1)N(CCCn1ccnc1)c1nc2c(F)cccc2s1. The quantitative estimate of drug-likeness (QED) is 0.331. The molecule has 33 heavy (non-hydrogen) atoms. The molecule has 0 aliphatic heterocycles. The summed E-state index contributed by atoms with van der Waals surface area (Å²) in [7, 11) is -3.78. The van der Waals surface area contributed by atoms with Crippen LogP contribution < -0.4 is 4.90 Å². The zero-order valence-corrected chi connectivity index (χ0v) is 19.0. The van der Waals surface area contributed by atoms with Gasteiger partial charge in [-0.25, -0.2) is 27.2 Å². The molecule has 0 unspecified atom stereocenters. The van der Waals surface area contributed by atoms with E-state index in [1.807, 2.05) is 4.57 Å². The van der Waals surface area contributed by atoms with Crippen molar-refractivity contribution in [2.24, 2.45) is 0 Å². The van der Waals surface area contributed by atoms with Crippen LogP contribution in [0, 0.1) is 11.6 Å². The first-order valence-electron chi connectivity index (χ1n) is 10.1. The predicted octanol–water partition coefficient (Wildman–Crippen LogP) is 4.06. The molecule has 0 saturated heterocycles. The number of aryl methyl sites for hydroxylation is 1. The van der Waals surface area contributed by atoms with Crippen LogP contribution in [0.25, 0.3) is 10.2 Å². The van der Waals surface area contributed by atoms with Gasteiger partial charge in [0.15, 0.2) is 15.0 Å². The molecule has 0 atom stereocenters. The average molecular weight is 491 g/mol. The standard InChI is InChI=1S/C22H20F2N4O3S2/c23-16-5-7-17(8-6-16)33(30,31)14-9-20(29)28(12-2-11-27-13-10-25-15-27)22-26-21-18(24)3-1-4-19(21)32-22/h1,3-8,10,13,15H,2,9,11-12,14H2. The first kappa shape index (κ1) is 23.0. The number of amides is 1. The summed E-state index contributed by atoms with van der Waals surface area (Å²) >= 11 is 1.17. The Morgan fingerprint density at radius 1 is 1.12 bits per heavy atom. The fraction of sp³-hybridized carbons (Fsp3) is 0.227. The molecule has 0 spiro atoms. The van der Waals surface area contributed by atoms with Crippen molar-refractivity contribution in [1.29, 1.82) is 0 Å². The molecule has 2 aromatic carbocycles. The van der Waals surface area contributed by atoms with E-state index in [-0.39, 0.29) is 23.4 Å². The molecule has 2 aromatic heterocycles. The van der Waals surface area contributed by atoms with Crippen LogP contribution in [0.2, 0.25) is 0 Å². The van der Waals surface area contributed by atoms with Crippen molar-refractivity contribution in [3.63, 3.8) is 0 Å². The summed E-state index contributed by atoms with van der Waals surface area (Å²) in [5.74, 6) is -1.91. The van der Waals surface area contributed by atoms with Crippen molar-refractivity contribution in [1.82, 2.24) is 14.5 Å². The van der Waals surface area contributed by atoms with E-state index >= 15 is 0 Å². The fourth-order valence-corrected chi connectivity index (χ4v) is 5.55. The highest BCUT2D eigenvalue weighted by atomic mass is 32.2. The Bertz CT molecular complexity index is 1350. The Labute approximate surface area is 193 Å². The zero-order chi connectivity index (χ0) is 23.4. The van der Waals surface area contributed by atoms with E-state index in [9.17, 15) is 22.0 Å². The van der Waals surface area contributed by atoms with Gasteiger partial charge in [-0.15, -0.1) is 0 Å². The Kier molecular flexibility index (Phi) is 6.80. The number of carbonyl (C=O) groups is 1. The van der Waals surface area contributed by atoms with Crippen LogP contribution in [0.15, 0.2) is 66.1 Å². The molecule has 0 radical (unpaired) electrons. The average Bonchev–Trinajstić information content (AvgIpc) is 3.46. The number of nitrogens with zero attached hydrogens (tertiary/aromatic N) is 4. The predicted molar refractivity (Wildman–Crippen MR) is 122 cm³/mol. The molecular weight excluding hydrogens is 470 g/mol. The normalized spacial score (nSPS) is 11.7. The molecule has 0 aliphatic rings. The summed E-state index contributed by atoms with van der Waals surface area (Å²) in [5, 5.41) is 0.310. The maximum absolute atomic E-state index is 14.1. The number of fused-ring (bicyclic) bond motifs is 1. The zero-order valence-electron chi connectivity index (χ0n) is 17.4. The topological polar surface area (TPSA) is 85.2 Å². The van der Waals surface area contributed by atoms with Gasteiger partial charge in [0.05, 0.1) is 21.7 Å². The Balaban J connectivity index is 1.52. The molecule has 0 saturated carbocycles. The number of hydrogen-bond acceptors (Lipinski definition) is 6. The lowest BCUT2D eigenvalue weighted by Gasteiger charge is -2.20. The van der Waals surface area contributed by atoms with Gasteiger partial charge >= 0.3 is 0 Å². The molecule has 4 rings (SSSR count). The smallest absolute Gasteiger partial charge is 0.229 e. The maximum Gasteiger partial charge on any atom is 0.229 e. The third-order valence-electron chi connectivity index (χ3n) is 5.01. The fourth-order valence-electron chi connectivity index (χ4n) is 3.29. The van der Waals surface area contributed by atoms with Crippen LogP contribution in [0.1, 0.15) is 12.8 Å². The molecule has 0 fully saturated rings. The summed E-state index contributed by atoms with van der Waals surface area (Å²) in [5.41, 5.74) is 0.170. The molecule has 7 nitrogen and oxygen atoms in total. The summed E-state index contributed by atoms with van der Waals surface area (Å²) in [4.78, 5) is 22.7. The third kappa shape index (κ3) is 5.42. The molecule has 11 heteroatoms. The number of carbonyl (C=O) groups excluding carboxylic acids is 1. The van der Waals surface area contributed by atoms with Gasteiger partial charge in [-0.1, -0.05) is 17.4 Å². The number of imidazole rings is 1. The number of rotatable bonds is 9. The van der Waals surface area contributed by atoms with Gasteiger partial charge in [0, 0.05) is 31.9 Å². The number of thiazole rings is 1. The molecule has 0 N–H and O–H groups in total. The largest absolute Gasteiger partial charge is 0.337 e. The van der Waals surface area contributed by atoms with E-state index in [1.54, 1.807) is 30.9 Å². The van der Waals surface area contributed by atoms with E-state index < -0.39 is 33.1 Å². The molecule has 2 heterocycles. The van der Waals surface area contributed by atoms with Crippen molar-refractivity contribution < 1.29 is 22.0 Å².